The lowest BCUT2D eigenvalue weighted by molar-refractivity contribution is 0.00441. The normalized spacial score (nSPS) is 14.3. The van der Waals surface area contributed by atoms with Crippen LogP contribution in [0.3, 0.4) is 0 Å². The summed E-state index contributed by atoms with van der Waals surface area (Å²) in [5, 5.41) is 0. The van der Waals surface area contributed by atoms with E-state index in [0.717, 1.165) is 16.7 Å². The molecule has 3 nitrogen and oxygen atoms in total. The Morgan fingerprint density at radius 2 is 1.47 bits per heavy atom. The molecule has 0 bridgehead atoms. The third kappa shape index (κ3) is 1.30. The van der Waals surface area contributed by atoms with Crippen molar-refractivity contribution in [1.82, 2.24) is 0 Å². The van der Waals surface area contributed by atoms with Crippen LogP contribution in [0.5, 0.6) is 5.75 Å². The van der Waals surface area contributed by atoms with Crippen LogP contribution in [0.2, 0.25) is 0 Å². The number of ether oxygens (including phenoxy) is 2. The molecule has 80 valence electrons. The van der Waals surface area contributed by atoms with Gasteiger partial charge in [0.25, 0.3) is 0 Å². The Balaban J connectivity index is 2.80. The topological polar surface area (TPSA) is 35.5 Å². The highest BCUT2D eigenvalue weighted by atomic mass is 16.7. The Hall–Kier alpha value is -1.51. The van der Waals surface area contributed by atoms with Gasteiger partial charge in [0.05, 0.1) is 0 Å². The van der Waals surface area contributed by atoms with Gasteiger partial charge in [-0.2, -0.15) is 0 Å². The summed E-state index contributed by atoms with van der Waals surface area (Å²) in [5.41, 5.74) is 4.89. The van der Waals surface area contributed by atoms with Crippen LogP contribution in [0.1, 0.15) is 32.6 Å². The Bertz CT molecular complexity index is 447. The molecule has 0 radical (unpaired) electrons. The predicted octanol–water partition coefficient (Wildman–Crippen LogP) is 2.43. The highest BCUT2D eigenvalue weighted by molar-refractivity contribution is 5.96. The quantitative estimate of drug-likeness (QED) is 0.611. The third-order valence-electron chi connectivity index (χ3n) is 3.23. The van der Waals surface area contributed by atoms with Crippen LogP contribution in [0.25, 0.3) is 0 Å². The van der Waals surface area contributed by atoms with E-state index in [0.29, 0.717) is 11.3 Å². The molecule has 1 aromatic carbocycles. The van der Waals surface area contributed by atoms with Crippen molar-refractivity contribution in [2.45, 2.75) is 27.7 Å². The van der Waals surface area contributed by atoms with Crippen molar-refractivity contribution >= 4 is 5.97 Å². The first kappa shape index (κ1) is 10.0. The smallest absolute Gasteiger partial charge is 0.345 e. The Morgan fingerprint density at radius 3 is 2.13 bits per heavy atom. The van der Waals surface area contributed by atoms with Crippen molar-refractivity contribution in [3.63, 3.8) is 0 Å². The van der Waals surface area contributed by atoms with E-state index >= 15 is 0 Å². The van der Waals surface area contributed by atoms with Crippen molar-refractivity contribution in [2.75, 3.05) is 6.79 Å². The molecule has 0 aromatic heterocycles. The molecule has 0 unspecified atom stereocenters. The number of hydrogen-bond donors (Lipinski definition) is 0. The standard InChI is InChI=1S/C12H14O3/c1-6-7(2)9(4)11-10(8(6)3)12(13)15-5-14-11/h5H2,1-4H3. The summed E-state index contributed by atoms with van der Waals surface area (Å²) in [6, 6.07) is 0. The minimum atomic E-state index is -0.278. The van der Waals surface area contributed by atoms with Gasteiger partial charge in [0, 0.05) is 0 Å². The van der Waals surface area contributed by atoms with Crippen LogP contribution in [-0.2, 0) is 4.74 Å². The lowest BCUT2D eigenvalue weighted by Gasteiger charge is -2.23. The summed E-state index contributed by atoms with van der Waals surface area (Å²) in [7, 11) is 0. The minimum absolute atomic E-state index is 0.0224. The van der Waals surface area contributed by atoms with Crippen molar-refractivity contribution in [2.24, 2.45) is 0 Å². The number of esters is 1. The van der Waals surface area contributed by atoms with Gasteiger partial charge in [-0.15, -0.1) is 0 Å². The molecule has 0 saturated carbocycles. The molecule has 0 spiro atoms. The molecule has 3 heteroatoms. The molecule has 1 aliphatic heterocycles. The van der Waals surface area contributed by atoms with Crippen LogP contribution in [0.4, 0.5) is 0 Å². The second-order valence-electron chi connectivity index (χ2n) is 3.90. The second kappa shape index (κ2) is 3.26. The Kier molecular flexibility index (Phi) is 2.18. The fourth-order valence-electron chi connectivity index (χ4n) is 1.92. The fourth-order valence-corrected chi connectivity index (χ4v) is 1.92. The summed E-state index contributed by atoms with van der Waals surface area (Å²) >= 11 is 0. The first-order valence-electron chi connectivity index (χ1n) is 4.94. The lowest BCUT2D eigenvalue weighted by atomic mass is 9.93. The maximum Gasteiger partial charge on any atom is 0.345 e. The largest absolute Gasteiger partial charge is 0.456 e. The Morgan fingerprint density at radius 1 is 0.867 bits per heavy atom. The first-order chi connectivity index (χ1) is 7.04. The van der Waals surface area contributed by atoms with Gasteiger partial charge in [-0.3, -0.25) is 0 Å². The van der Waals surface area contributed by atoms with Crippen molar-refractivity contribution < 1.29 is 14.3 Å². The summed E-state index contributed by atoms with van der Waals surface area (Å²) in [5.74, 6) is 0.409. The van der Waals surface area contributed by atoms with Gasteiger partial charge in [-0.25, -0.2) is 4.79 Å². The minimum Gasteiger partial charge on any atom is -0.456 e. The summed E-state index contributed by atoms with van der Waals surface area (Å²) in [6.07, 6.45) is 0. The maximum atomic E-state index is 11.6. The van der Waals surface area contributed by atoms with Gasteiger partial charge in [0.2, 0.25) is 6.79 Å². The van der Waals surface area contributed by atoms with Crippen molar-refractivity contribution in [3.05, 3.63) is 27.8 Å². The number of rotatable bonds is 0. The molecule has 0 fully saturated rings. The van der Waals surface area contributed by atoms with E-state index < -0.39 is 0 Å². The predicted molar refractivity (Wildman–Crippen MR) is 56.3 cm³/mol. The Labute approximate surface area is 89.0 Å². The molecule has 1 aliphatic rings. The molecule has 0 amide bonds. The van der Waals surface area contributed by atoms with Gasteiger partial charge < -0.3 is 9.47 Å². The van der Waals surface area contributed by atoms with Crippen LogP contribution in [-0.4, -0.2) is 12.8 Å². The van der Waals surface area contributed by atoms with Crippen LogP contribution >= 0.6 is 0 Å². The lowest BCUT2D eigenvalue weighted by Crippen LogP contribution is -2.21. The zero-order valence-electron chi connectivity index (χ0n) is 9.43. The fraction of sp³-hybridized carbons (Fsp3) is 0.417. The van der Waals surface area contributed by atoms with Crippen LogP contribution in [0.15, 0.2) is 0 Å². The van der Waals surface area contributed by atoms with E-state index in [1.807, 2.05) is 27.7 Å². The number of carbonyl (C=O) groups is 1. The molecule has 15 heavy (non-hydrogen) atoms. The average molecular weight is 206 g/mol. The zero-order chi connectivity index (χ0) is 11.2. The van der Waals surface area contributed by atoms with E-state index in [1.54, 1.807) is 0 Å². The van der Waals surface area contributed by atoms with Crippen LogP contribution in [0, 0.1) is 27.7 Å². The van der Waals surface area contributed by atoms with Crippen molar-refractivity contribution in [1.29, 1.82) is 0 Å². The monoisotopic (exact) mass is 206 g/mol. The number of cyclic esters (lactones) is 1. The van der Waals surface area contributed by atoms with Gasteiger partial charge in [-0.1, -0.05) is 0 Å². The maximum absolute atomic E-state index is 11.6. The van der Waals surface area contributed by atoms with E-state index in [2.05, 4.69) is 0 Å². The van der Waals surface area contributed by atoms with Crippen LogP contribution < -0.4 is 4.74 Å². The summed E-state index contributed by atoms with van der Waals surface area (Å²) in [6.45, 7) is 7.98. The first-order valence-corrected chi connectivity index (χ1v) is 4.94. The van der Waals surface area contributed by atoms with Gasteiger partial charge in [-0.05, 0) is 49.9 Å². The molecule has 0 aliphatic carbocycles. The molecule has 2 rings (SSSR count). The average Bonchev–Trinajstić information content (AvgIpc) is 2.23. The molecule has 0 N–H and O–H groups in total. The van der Waals surface area contributed by atoms with Crippen molar-refractivity contribution in [3.8, 4) is 5.75 Å². The van der Waals surface area contributed by atoms with E-state index in [9.17, 15) is 4.79 Å². The highest BCUT2D eigenvalue weighted by Crippen LogP contribution is 2.35. The van der Waals surface area contributed by atoms with Gasteiger partial charge in [0.1, 0.15) is 11.3 Å². The molecule has 1 aromatic rings. The summed E-state index contributed by atoms with van der Waals surface area (Å²) < 4.78 is 10.3. The van der Waals surface area contributed by atoms with Gasteiger partial charge >= 0.3 is 5.97 Å². The number of benzene rings is 1. The molecular weight excluding hydrogens is 192 g/mol. The number of fused-ring (bicyclic) bond motifs is 1. The SMILES string of the molecule is Cc1c(C)c(C)c2c(c1C)OCOC2=O. The zero-order valence-corrected chi connectivity index (χ0v) is 9.43. The number of carbonyl (C=O) groups excluding carboxylic acids is 1. The second-order valence-corrected chi connectivity index (χ2v) is 3.90. The van der Waals surface area contributed by atoms with E-state index in [-0.39, 0.29) is 12.8 Å². The summed E-state index contributed by atoms with van der Waals surface area (Å²) in [4.78, 5) is 11.6. The van der Waals surface area contributed by atoms with E-state index in [1.165, 1.54) is 5.56 Å². The molecule has 1 heterocycles. The molecule has 0 atom stereocenters. The highest BCUT2D eigenvalue weighted by Gasteiger charge is 2.26. The van der Waals surface area contributed by atoms with Gasteiger partial charge in [0.15, 0.2) is 0 Å². The third-order valence-corrected chi connectivity index (χ3v) is 3.23. The number of hydrogen-bond acceptors (Lipinski definition) is 3. The van der Waals surface area contributed by atoms with E-state index in [4.69, 9.17) is 9.47 Å². The molecule has 0 saturated heterocycles. The molecular formula is C12H14O3.